The van der Waals surface area contributed by atoms with Gasteiger partial charge in [0.1, 0.15) is 0 Å². The van der Waals surface area contributed by atoms with Gasteiger partial charge in [0.2, 0.25) is 0 Å². The predicted molar refractivity (Wildman–Crippen MR) is 35.0 cm³/mol. The van der Waals surface area contributed by atoms with Gasteiger partial charge in [0.25, 0.3) is 0 Å². The zero-order chi connectivity index (χ0) is 7.28. The van der Waals surface area contributed by atoms with E-state index in [4.69, 9.17) is 5.11 Å². The standard InChI is InChI=1S/C7H8O2/c1-3-5-6(4-2)7(8)9/h4-6H,1-2H2,(H,8,9). The Balaban J connectivity index is 4.15. The van der Waals surface area contributed by atoms with Crippen LogP contribution in [0, 0.1) is 5.92 Å². The quantitative estimate of drug-likeness (QED) is 0.453. The molecule has 2 nitrogen and oxygen atoms in total. The maximum Gasteiger partial charge on any atom is 0.314 e. The number of carbonyl (C=O) groups is 1. The summed E-state index contributed by atoms with van der Waals surface area (Å²) in [5.41, 5.74) is 2.37. The van der Waals surface area contributed by atoms with Crippen LogP contribution in [0.3, 0.4) is 0 Å². The molecule has 2 heteroatoms. The molecule has 0 fully saturated rings. The van der Waals surface area contributed by atoms with Crippen molar-refractivity contribution in [3.05, 3.63) is 31.0 Å². The van der Waals surface area contributed by atoms with Gasteiger partial charge in [-0.3, -0.25) is 4.79 Å². The lowest BCUT2D eigenvalue weighted by Crippen LogP contribution is -2.06. The molecular weight excluding hydrogens is 116 g/mol. The number of aliphatic carboxylic acids is 1. The highest BCUT2D eigenvalue weighted by atomic mass is 16.4. The normalized spacial score (nSPS) is 11.1. The summed E-state index contributed by atoms with van der Waals surface area (Å²) in [6.45, 7) is 6.56. The summed E-state index contributed by atoms with van der Waals surface area (Å²) in [4.78, 5) is 10.2. The Morgan fingerprint density at radius 2 is 2.33 bits per heavy atom. The molecule has 1 atom stereocenters. The van der Waals surface area contributed by atoms with E-state index in [0.717, 1.165) is 0 Å². The second-order valence-corrected chi connectivity index (χ2v) is 1.47. The summed E-state index contributed by atoms with van der Waals surface area (Å²) >= 11 is 0. The molecule has 0 rings (SSSR count). The van der Waals surface area contributed by atoms with Crippen molar-refractivity contribution in [3.63, 3.8) is 0 Å². The summed E-state index contributed by atoms with van der Waals surface area (Å²) in [7, 11) is 0. The molecule has 0 aliphatic carbocycles. The molecule has 0 heterocycles. The largest absolute Gasteiger partial charge is 0.481 e. The Morgan fingerprint density at radius 3 is 2.44 bits per heavy atom. The van der Waals surface area contributed by atoms with Gasteiger partial charge in [-0.2, -0.15) is 0 Å². The Labute approximate surface area is 53.8 Å². The van der Waals surface area contributed by atoms with Crippen molar-refractivity contribution in [2.45, 2.75) is 0 Å². The third-order valence-electron chi connectivity index (χ3n) is 0.836. The minimum atomic E-state index is -0.929. The van der Waals surface area contributed by atoms with Gasteiger partial charge in [-0.05, 0) is 6.08 Å². The SMILES string of the molecule is C=C=CC(C=C)C(=O)O. The summed E-state index contributed by atoms with van der Waals surface area (Å²) in [5, 5.41) is 8.33. The Morgan fingerprint density at radius 1 is 1.78 bits per heavy atom. The van der Waals surface area contributed by atoms with E-state index in [1.165, 1.54) is 12.2 Å². The average molecular weight is 124 g/mol. The van der Waals surface area contributed by atoms with Crippen LogP contribution in [0.25, 0.3) is 0 Å². The van der Waals surface area contributed by atoms with Crippen molar-refractivity contribution in [3.8, 4) is 0 Å². The molecule has 0 aromatic heterocycles. The summed E-state index contributed by atoms with van der Waals surface area (Å²) in [5.74, 6) is -1.58. The minimum Gasteiger partial charge on any atom is -0.481 e. The molecule has 9 heavy (non-hydrogen) atoms. The number of carboxylic acids is 1. The van der Waals surface area contributed by atoms with Crippen molar-refractivity contribution < 1.29 is 9.90 Å². The third kappa shape index (κ3) is 2.52. The molecular formula is C7H8O2. The lowest BCUT2D eigenvalue weighted by molar-refractivity contribution is -0.138. The molecule has 0 aliphatic rings. The van der Waals surface area contributed by atoms with Gasteiger partial charge in [0.15, 0.2) is 0 Å². The summed E-state index contributed by atoms with van der Waals surface area (Å²) in [6.07, 6.45) is 2.66. The van der Waals surface area contributed by atoms with E-state index in [-0.39, 0.29) is 0 Å². The second kappa shape index (κ2) is 3.70. The van der Waals surface area contributed by atoms with E-state index in [1.54, 1.807) is 0 Å². The molecule has 0 aliphatic heterocycles. The van der Waals surface area contributed by atoms with Crippen LogP contribution < -0.4 is 0 Å². The Bertz CT molecular complexity index is 162. The van der Waals surface area contributed by atoms with Crippen molar-refractivity contribution >= 4 is 5.97 Å². The summed E-state index contributed by atoms with van der Waals surface area (Å²) in [6, 6.07) is 0. The van der Waals surface area contributed by atoms with Crippen LogP contribution in [-0.4, -0.2) is 11.1 Å². The molecule has 0 amide bonds. The third-order valence-corrected chi connectivity index (χ3v) is 0.836. The van der Waals surface area contributed by atoms with E-state index in [2.05, 4.69) is 18.9 Å². The van der Waals surface area contributed by atoms with E-state index < -0.39 is 11.9 Å². The molecule has 1 N–H and O–H groups in total. The number of hydrogen-bond donors (Lipinski definition) is 1. The molecule has 0 aromatic rings. The van der Waals surface area contributed by atoms with Gasteiger partial charge in [-0.1, -0.05) is 12.7 Å². The molecule has 0 saturated carbocycles. The van der Waals surface area contributed by atoms with Crippen LogP contribution >= 0.6 is 0 Å². The van der Waals surface area contributed by atoms with Crippen LogP contribution in [-0.2, 0) is 4.79 Å². The fourth-order valence-corrected chi connectivity index (χ4v) is 0.367. The van der Waals surface area contributed by atoms with Crippen LogP contribution in [0.4, 0.5) is 0 Å². The van der Waals surface area contributed by atoms with E-state index in [0.29, 0.717) is 0 Å². The van der Waals surface area contributed by atoms with Crippen LogP contribution in [0.15, 0.2) is 31.0 Å². The van der Waals surface area contributed by atoms with Crippen LogP contribution in [0.5, 0.6) is 0 Å². The van der Waals surface area contributed by atoms with Gasteiger partial charge >= 0.3 is 5.97 Å². The molecule has 48 valence electrons. The van der Waals surface area contributed by atoms with Crippen molar-refractivity contribution in [2.24, 2.45) is 5.92 Å². The maximum atomic E-state index is 10.2. The lowest BCUT2D eigenvalue weighted by Gasteiger charge is -1.94. The lowest BCUT2D eigenvalue weighted by atomic mass is 10.1. The first-order valence-corrected chi connectivity index (χ1v) is 2.43. The van der Waals surface area contributed by atoms with Crippen molar-refractivity contribution in [1.82, 2.24) is 0 Å². The maximum absolute atomic E-state index is 10.2. The van der Waals surface area contributed by atoms with Crippen LogP contribution in [0.1, 0.15) is 0 Å². The zero-order valence-electron chi connectivity index (χ0n) is 5.00. The van der Waals surface area contributed by atoms with E-state index in [9.17, 15) is 4.79 Å². The first-order valence-electron chi connectivity index (χ1n) is 2.43. The van der Waals surface area contributed by atoms with Gasteiger partial charge in [-0.25, -0.2) is 0 Å². The number of hydrogen-bond acceptors (Lipinski definition) is 1. The molecule has 0 spiro atoms. The van der Waals surface area contributed by atoms with Gasteiger partial charge in [-0.15, -0.1) is 12.3 Å². The fourth-order valence-electron chi connectivity index (χ4n) is 0.367. The highest BCUT2D eigenvalue weighted by Crippen LogP contribution is 1.97. The molecule has 0 saturated heterocycles. The van der Waals surface area contributed by atoms with Gasteiger partial charge < -0.3 is 5.11 Å². The van der Waals surface area contributed by atoms with Crippen molar-refractivity contribution in [2.75, 3.05) is 0 Å². The summed E-state index contributed by atoms with van der Waals surface area (Å²) < 4.78 is 0. The molecule has 1 unspecified atom stereocenters. The highest BCUT2D eigenvalue weighted by molar-refractivity contribution is 5.74. The highest BCUT2D eigenvalue weighted by Gasteiger charge is 2.06. The monoisotopic (exact) mass is 124 g/mol. The first kappa shape index (κ1) is 7.73. The molecule has 0 bridgehead atoms. The first-order chi connectivity index (χ1) is 4.22. The van der Waals surface area contributed by atoms with Gasteiger partial charge in [0, 0.05) is 0 Å². The smallest absolute Gasteiger partial charge is 0.314 e. The minimum absolute atomic E-state index is 0.650. The fraction of sp³-hybridized carbons (Fsp3) is 0.143. The van der Waals surface area contributed by atoms with Crippen LogP contribution in [0.2, 0.25) is 0 Å². The Kier molecular flexibility index (Phi) is 3.18. The number of rotatable bonds is 3. The average Bonchev–Trinajstić information content (AvgIpc) is 1.82. The topological polar surface area (TPSA) is 37.3 Å². The van der Waals surface area contributed by atoms with E-state index in [1.807, 2.05) is 0 Å². The van der Waals surface area contributed by atoms with Gasteiger partial charge in [0.05, 0.1) is 5.92 Å². The van der Waals surface area contributed by atoms with Crippen molar-refractivity contribution in [1.29, 1.82) is 0 Å². The molecule has 0 aromatic carbocycles. The zero-order valence-corrected chi connectivity index (χ0v) is 5.00. The Hall–Kier alpha value is -1.27. The van der Waals surface area contributed by atoms with E-state index >= 15 is 0 Å². The number of carboxylic acid groups (broad SMARTS) is 1. The second-order valence-electron chi connectivity index (χ2n) is 1.47. The molecule has 0 radical (unpaired) electrons. The predicted octanol–water partition coefficient (Wildman–Crippen LogP) is 1.21.